The molecule has 2 saturated heterocycles. The van der Waals surface area contributed by atoms with Gasteiger partial charge < -0.3 is 10.2 Å². The molecule has 0 radical (unpaired) electrons. The first-order chi connectivity index (χ1) is 9.45. The monoisotopic (exact) mass is 339 g/mol. The molecule has 2 heterocycles. The van der Waals surface area contributed by atoms with Crippen LogP contribution in [0, 0.1) is 5.92 Å². The van der Waals surface area contributed by atoms with Gasteiger partial charge in [-0.25, -0.2) is 12.7 Å². The average Bonchev–Trinajstić information content (AvgIpc) is 2.47. The number of hydrogen-bond acceptors (Lipinski definition) is 4. The number of carbonyl (C=O) groups is 1. The molecule has 8 heteroatoms. The third-order valence-electron chi connectivity index (χ3n) is 4.28. The van der Waals surface area contributed by atoms with E-state index in [9.17, 15) is 13.2 Å². The number of hydrogen-bond donors (Lipinski definition) is 1. The van der Waals surface area contributed by atoms with Crippen LogP contribution in [0.2, 0.25) is 0 Å². The van der Waals surface area contributed by atoms with Crippen molar-refractivity contribution in [3.8, 4) is 0 Å². The lowest BCUT2D eigenvalue weighted by molar-refractivity contribution is -0.139. The highest BCUT2D eigenvalue weighted by molar-refractivity contribution is 7.89. The summed E-state index contributed by atoms with van der Waals surface area (Å²) in [4.78, 5) is 14.5. The van der Waals surface area contributed by atoms with Gasteiger partial charge in [-0.05, 0) is 26.7 Å². The van der Waals surface area contributed by atoms with Crippen molar-refractivity contribution >= 4 is 28.3 Å². The van der Waals surface area contributed by atoms with Gasteiger partial charge in [-0.1, -0.05) is 0 Å². The van der Waals surface area contributed by atoms with Crippen molar-refractivity contribution in [3.63, 3.8) is 0 Å². The molecule has 0 bridgehead atoms. The zero-order valence-electron chi connectivity index (χ0n) is 12.7. The number of halogens is 1. The third-order valence-corrected chi connectivity index (χ3v) is 6.12. The van der Waals surface area contributed by atoms with E-state index in [0.29, 0.717) is 13.1 Å². The molecule has 0 aromatic rings. The molecule has 2 atom stereocenters. The molecule has 2 fully saturated rings. The SMILES string of the molecule is CCS(=O)(=O)N1CCCC(C(=O)N2CCNC[C@H]2C)C1.Cl. The Kier molecular flexibility index (Phi) is 6.90. The molecule has 1 amide bonds. The summed E-state index contributed by atoms with van der Waals surface area (Å²) in [6.07, 6.45) is 1.57. The lowest BCUT2D eigenvalue weighted by Gasteiger charge is -2.39. The van der Waals surface area contributed by atoms with E-state index in [1.807, 2.05) is 11.8 Å². The Morgan fingerprint density at radius 1 is 1.33 bits per heavy atom. The van der Waals surface area contributed by atoms with Crippen LogP contribution in [0.25, 0.3) is 0 Å². The van der Waals surface area contributed by atoms with Gasteiger partial charge in [0.15, 0.2) is 0 Å². The second-order valence-electron chi connectivity index (χ2n) is 5.68. The van der Waals surface area contributed by atoms with E-state index in [1.165, 1.54) is 4.31 Å². The Labute approximate surface area is 133 Å². The minimum atomic E-state index is -3.18. The molecule has 1 N–H and O–H groups in total. The van der Waals surface area contributed by atoms with Crippen LogP contribution in [-0.4, -0.2) is 68.0 Å². The van der Waals surface area contributed by atoms with Crippen molar-refractivity contribution < 1.29 is 13.2 Å². The summed E-state index contributed by atoms with van der Waals surface area (Å²) >= 11 is 0. The van der Waals surface area contributed by atoms with E-state index in [0.717, 1.165) is 32.5 Å². The molecule has 6 nitrogen and oxygen atoms in total. The smallest absolute Gasteiger partial charge is 0.227 e. The molecule has 21 heavy (non-hydrogen) atoms. The summed E-state index contributed by atoms with van der Waals surface area (Å²) in [5, 5.41) is 3.26. The number of rotatable bonds is 3. The summed E-state index contributed by atoms with van der Waals surface area (Å²) in [6, 6.07) is 0.189. The summed E-state index contributed by atoms with van der Waals surface area (Å²) in [7, 11) is -3.18. The van der Waals surface area contributed by atoms with Gasteiger partial charge in [0, 0.05) is 38.8 Å². The van der Waals surface area contributed by atoms with Crippen LogP contribution in [-0.2, 0) is 14.8 Å². The van der Waals surface area contributed by atoms with Crippen LogP contribution in [0.4, 0.5) is 0 Å². The van der Waals surface area contributed by atoms with Crippen molar-refractivity contribution in [2.45, 2.75) is 32.7 Å². The summed E-state index contributed by atoms with van der Waals surface area (Å²) in [6.45, 7) is 6.95. The first-order valence-electron chi connectivity index (χ1n) is 7.44. The lowest BCUT2D eigenvalue weighted by atomic mass is 9.97. The molecule has 0 aromatic carbocycles. The van der Waals surface area contributed by atoms with Crippen molar-refractivity contribution in [1.29, 1.82) is 0 Å². The van der Waals surface area contributed by atoms with Gasteiger partial charge in [0.2, 0.25) is 15.9 Å². The van der Waals surface area contributed by atoms with Gasteiger partial charge in [-0.2, -0.15) is 0 Å². The fraction of sp³-hybridized carbons (Fsp3) is 0.923. The molecule has 0 aliphatic carbocycles. The number of amides is 1. The second kappa shape index (κ2) is 7.76. The zero-order valence-corrected chi connectivity index (χ0v) is 14.4. The third kappa shape index (κ3) is 4.31. The van der Waals surface area contributed by atoms with Crippen LogP contribution >= 0.6 is 12.4 Å². The highest BCUT2D eigenvalue weighted by atomic mass is 35.5. The Balaban J connectivity index is 0.00000220. The van der Waals surface area contributed by atoms with Gasteiger partial charge in [0.1, 0.15) is 0 Å². The van der Waals surface area contributed by atoms with E-state index < -0.39 is 10.0 Å². The maximum Gasteiger partial charge on any atom is 0.227 e. The topological polar surface area (TPSA) is 69.7 Å². The van der Waals surface area contributed by atoms with Gasteiger partial charge in [-0.15, -0.1) is 12.4 Å². The van der Waals surface area contributed by atoms with Gasteiger partial charge in [0.05, 0.1) is 11.7 Å². The fourth-order valence-electron chi connectivity index (χ4n) is 2.98. The highest BCUT2D eigenvalue weighted by Crippen LogP contribution is 2.22. The van der Waals surface area contributed by atoms with Crippen LogP contribution in [0.5, 0.6) is 0 Å². The Morgan fingerprint density at radius 2 is 2.05 bits per heavy atom. The van der Waals surface area contributed by atoms with Gasteiger partial charge in [-0.3, -0.25) is 4.79 Å². The Bertz CT molecular complexity index is 458. The lowest BCUT2D eigenvalue weighted by Crippen LogP contribution is -2.56. The molecule has 2 aliphatic rings. The van der Waals surface area contributed by atoms with E-state index >= 15 is 0 Å². The molecule has 2 rings (SSSR count). The normalized spacial score (nSPS) is 28.0. The first-order valence-corrected chi connectivity index (χ1v) is 9.05. The van der Waals surface area contributed by atoms with Crippen LogP contribution in [0.1, 0.15) is 26.7 Å². The molecular weight excluding hydrogens is 314 g/mol. The zero-order chi connectivity index (χ0) is 14.8. The quantitative estimate of drug-likeness (QED) is 0.802. The number of sulfonamides is 1. The van der Waals surface area contributed by atoms with Crippen molar-refractivity contribution in [2.24, 2.45) is 5.92 Å². The molecular formula is C13H26ClN3O3S. The van der Waals surface area contributed by atoms with Gasteiger partial charge in [0.25, 0.3) is 0 Å². The van der Waals surface area contributed by atoms with E-state index in [-0.39, 0.29) is 36.0 Å². The standard InChI is InChI=1S/C13H25N3O3S.ClH/c1-3-20(18,19)15-7-4-5-12(10-15)13(17)16-8-6-14-9-11(16)2;/h11-12,14H,3-10H2,1-2H3;1H/t11-,12?;/m1./s1. The van der Waals surface area contributed by atoms with Crippen molar-refractivity contribution in [2.75, 3.05) is 38.5 Å². The minimum absolute atomic E-state index is 0. The second-order valence-corrected chi connectivity index (χ2v) is 7.94. The summed E-state index contributed by atoms with van der Waals surface area (Å²) < 4.78 is 25.4. The average molecular weight is 340 g/mol. The Hall–Kier alpha value is -0.370. The van der Waals surface area contributed by atoms with Crippen LogP contribution in [0.15, 0.2) is 0 Å². The maximum atomic E-state index is 12.6. The number of nitrogens with one attached hydrogen (secondary N) is 1. The maximum absolute atomic E-state index is 12.6. The van der Waals surface area contributed by atoms with E-state index in [1.54, 1.807) is 6.92 Å². The predicted octanol–water partition coefficient (Wildman–Crippen LogP) is 0.290. The molecule has 0 spiro atoms. The van der Waals surface area contributed by atoms with E-state index in [2.05, 4.69) is 5.32 Å². The largest absolute Gasteiger partial charge is 0.337 e. The predicted molar refractivity (Wildman–Crippen MR) is 85.1 cm³/mol. The number of nitrogens with zero attached hydrogens (tertiary/aromatic N) is 2. The minimum Gasteiger partial charge on any atom is -0.337 e. The van der Waals surface area contributed by atoms with Crippen LogP contribution < -0.4 is 5.32 Å². The molecule has 2 aliphatic heterocycles. The fourth-order valence-corrected chi connectivity index (χ4v) is 4.16. The van der Waals surface area contributed by atoms with Crippen molar-refractivity contribution in [3.05, 3.63) is 0 Å². The summed E-state index contributed by atoms with van der Waals surface area (Å²) in [5.41, 5.74) is 0. The highest BCUT2D eigenvalue weighted by Gasteiger charge is 2.35. The van der Waals surface area contributed by atoms with E-state index in [4.69, 9.17) is 0 Å². The Morgan fingerprint density at radius 3 is 2.67 bits per heavy atom. The number of piperidine rings is 1. The van der Waals surface area contributed by atoms with Gasteiger partial charge >= 0.3 is 0 Å². The number of piperazine rings is 1. The van der Waals surface area contributed by atoms with Crippen LogP contribution in [0.3, 0.4) is 0 Å². The molecule has 0 aromatic heterocycles. The van der Waals surface area contributed by atoms with Crippen molar-refractivity contribution in [1.82, 2.24) is 14.5 Å². The summed E-state index contributed by atoms with van der Waals surface area (Å²) in [5.74, 6) is 0.0541. The first kappa shape index (κ1) is 18.7. The molecule has 0 saturated carbocycles. The molecule has 1 unspecified atom stereocenters. The number of carbonyl (C=O) groups excluding carboxylic acids is 1. The molecule has 124 valence electrons.